The molecule has 0 saturated carbocycles. The molecule has 5 heteroatoms. The molecular formula is C13H18ClN3O. The third-order valence-electron chi connectivity index (χ3n) is 3.21. The molecule has 0 aliphatic carbocycles. The predicted octanol–water partition coefficient (Wildman–Crippen LogP) is 2.80. The van der Waals surface area contributed by atoms with Crippen LogP contribution in [-0.2, 0) is 0 Å². The number of aromatic nitrogens is 1. The summed E-state index contributed by atoms with van der Waals surface area (Å²) in [6.45, 7) is 2.01. The van der Waals surface area contributed by atoms with Crippen molar-refractivity contribution >= 4 is 29.5 Å². The molecule has 3 rings (SSSR count). The largest absolute Gasteiger partial charge is 0.424 e. The number of benzene rings is 1. The molecule has 4 nitrogen and oxygen atoms in total. The van der Waals surface area contributed by atoms with Gasteiger partial charge in [-0.2, -0.15) is 4.98 Å². The van der Waals surface area contributed by atoms with Gasteiger partial charge in [0.25, 0.3) is 6.01 Å². The fourth-order valence-corrected chi connectivity index (χ4v) is 2.26. The zero-order valence-electron chi connectivity index (χ0n) is 10.2. The van der Waals surface area contributed by atoms with Gasteiger partial charge in [0.1, 0.15) is 5.52 Å². The van der Waals surface area contributed by atoms with E-state index in [4.69, 9.17) is 4.42 Å². The highest BCUT2D eigenvalue weighted by Crippen LogP contribution is 2.18. The molecule has 2 heterocycles. The summed E-state index contributed by atoms with van der Waals surface area (Å²) in [5.41, 5.74) is 1.75. The number of nitrogens with one attached hydrogen (secondary N) is 2. The van der Waals surface area contributed by atoms with E-state index in [0.717, 1.165) is 24.2 Å². The van der Waals surface area contributed by atoms with Crippen molar-refractivity contribution in [2.75, 3.05) is 18.4 Å². The number of rotatable bonds is 3. The van der Waals surface area contributed by atoms with E-state index in [1.807, 2.05) is 24.3 Å². The Balaban J connectivity index is 0.00000120. The molecule has 0 radical (unpaired) electrons. The van der Waals surface area contributed by atoms with Gasteiger partial charge in [0.2, 0.25) is 0 Å². The van der Waals surface area contributed by atoms with E-state index in [1.54, 1.807) is 0 Å². The molecule has 1 saturated heterocycles. The summed E-state index contributed by atoms with van der Waals surface area (Å²) < 4.78 is 5.61. The SMILES string of the molecule is Cl.c1ccc2oc(NCC3CCCCN3)nc2c1. The van der Waals surface area contributed by atoms with Gasteiger partial charge >= 0.3 is 0 Å². The van der Waals surface area contributed by atoms with Gasteiger partial charge in [-0.05, 0) is 31.5 Å². The van der Waals surface area contributed by atoms with Gasteiger partial charge in [0.15, 0.2) is 5.58 Å². The average Bonchev–Trinajstić information content (AvgIpc) is 2.80. The van der Waals surface area contributed by atoms with Crippen molar-refractivity contribution in [3.63, 3.8) is 0 Å². The molecule has 2 N–H and O–H groups in total. The number of piperidine rings is 1. The first-order valence-electron chi connectivity index (χ1n) is 6.25. The van der Waals surface area contributed by atoms with E-state index in [1.165, 1.54) is 19.3 Å². The number of hydrogen-bond donors (Lipinski definition) is 2. The number of halogens is 1. The van der Waals surface area contributed by atoms with Crippen molar-refractivity contribution in [3.8, 4) is 0 Å². The fourth-order valence-electron chi connectivity index (χ4n) is 2.26. The van der Waals surface area contributed by atoms with E-state index in [0.29, 0.717) is 12.1 Å². The van der Waals surface area contributed by atoms with Crippen LogP contribution in [0.15, 0.2) is 28.7 Å². The Morgan fingerprint density at radius 1 is 1.33 bits per heavy atom. The Hall–Kier alpha value is -1.26. The molecular weight excluding hydrogens is 250 g/mol. The lowest BCUT2D eigenvalue weighted by Gasteiger charge is -2.23. The maximum Gasteiger partial charge on any atom is 0.295 e. The van der Waals surface area contributed by atoms with Crippen molar-refractivity contribution in [1.82, 2.24) is 10.3 Å². The molecule has 1 aliphatic rings. The molecule has 1 unspecified atom stereocenters. The van der Waals surface area contributed by atoms with Crippen LogP contribution in [0.4, 0.5) is 6.01 Å². The van der Waals surface area contributed by atoms with E-state index in [2.05, 4.69) is 15.6 Å². The normalized spacial score (nSPS) is 19.4. The molecule has 1 fully saturated rings. The van der Waals surface area contributed by atoms with Crippen LogP contribution in [0, 0.1) is 0 Å². The Morgan fingerprint density at radius 3 is 3.00 bits per heavy atom. The van der Waals surface area contributed by atoms with Crippen LogP contribution in [0.2, 0.25) is 0 Å². The number of nitrogens with zero attached hydrogens (tertiary/aromatic N) is 1. The first-order chi connectivity index (χ1) is 8.42. The minimum atomic E-state index is 0. The highest BCUT2D eigenvalue weighted by atomic mass is 35.5. The maximum atomic E-state index is 5.61. The molecule has 0 bridgehead atoms. The summed E-state index contributed by atoms with van der Waals surface area (Å²) in [4.78, 5) is 4.39. The van der Waals surface area contributed by atoms with Crippen molar-refractivity contribution in [2.45, 2.75) is 25.3 Å². The maximum absolute atomic E-state index is 5.61. The lowest BCUT2D eigenvalue weighted by atomic mass is 10.1. The third kappa shape index (κ3) is 2.94. The highest BCUT2D eigenvalue weighted by Gasteiger charge is 2.13. The van der Waals surface area contributed by atoms with Crippen molar-refractivity contribution in [2.24, 2.45) is 0 Å². The van der Waals surface area contributed by atoms with Gasteiger partial charge in [-0.25, -0.2) is 0 Å². The summed E-state index contributed by atoms with van der Waals surface area (Å²) in [5, 5.41) is 6.75. The first-order valence-corrected chi connectivity index (χ1v) is 6.25. The average molecular weight is 268 g/mol. The molecule has 98 valence electrons. The second-order valence-electron chi connectivity index (χ2n) is 4.51. The topological polar surface area (TPSA) is 50.1 Å². The minimum absolute atomic E-state index is 0. The van der Waals surface area contributed by atoms with Crippen molar-refractivity contribution in [1.29, 1.82) is 0 Å². The summed E-state index contributed by atoms with van der Waals surface area (Å²) in [7, 11) is 0. The quantitative estimate of drug-likeness (QED) is 0.898. The Bertz CT molecular complexity index is 461. The van der Waals surface area contributed by atoms with Crippen molar-refractivity contribution in [3.05, 3.63) is 24.3 Å². The summed E-state index contributed by atoms with van der Waals surface area (Å²) in [6.07, 6.45) is 3.83. The monoisotopic (exact) mass is 267 g/mol. The Labute approximate surface area is 113 Å². The van der Waals surface area contributed by atoms with Gasteiger partial charge < -0.3 is 15.1 Å². The number of para-hydroxylation sites is 2. The molecule has 18 heavy (non-hydrogen) atoms. The Morgan fingerprint density at radius 2 is 2.22 bits per heavy atom. The van der Waals surface area contributed by atoms with E-state index >= 15 is 0 Å². The van der Waals surface area contributed by atoms with Gasteiger partial charge in [-0.3, -0.25) is 0 Å². The zero-order valence-corrected chi connectivity index (χ0v) is 11.0. The molecule has 1 aromatic carbocycles. The van der Waals surface area contributed by atoms with E-state index in [-0.39, 0.29) is 12.4 Å². The molecule has 0 spiro atoms. The van der Waals surface area contributed by atoms with Gasteiger partial charge in [-0.1, -0.05) is 18.6 Å². The number of oxazole rings is 1. The number of fused-ring (bicyclic) bond motifs is 1. The van der Waals surface area contributed by atoms with Gasteiger partial charge in [0, 0.05) is 12.6 Å². The lowest BCUT2D eigenvalue weighted by Crippen LogP contribution is -2.39. The fraction of sp³-hybridized carbons (Fsp3) is 0.462. The summed E-state index contributed by atoms with van der Waals surface area (Å²) in [5.74, 6) is 0. The van der Waals surface area contributed by atoms with E-state index in [9.17, 15) is 0 Å². The molecule has 1 atom stereocenters. The van der Waals surface area contributed by atoms with Crippen LogP contribution in [-0.4, -0.2) is 24.1 Å². The van der Waals surface area contributed by atoms with Crippen LogP contribution in [0.25, 0.3) is 11.1 Å². The van der Waals surface area contributed by atoms with Crippen molar-refractivity contribution < 1.29 is 4.42 Å². The second-order valence-corrected chi connectivity index (χ2v) is 4.51. The number of anilines is 1. The predicted molar refractivity (Wildman–Crippen MR) is 75.4 cm³/mol. The molecule has 1 aliphatic heterocycles. The van der Waals surface area contributed by atoms with Gasteiger partial charge in [0.05, 0.1) is 0 Å². The zero-order chi connectivity index (χ0) is 11.5. The lowest BCUT2D eigenvalue weighted by molar-refractivity contribution is 0.411. The second kappa shape index (κ2) is 6.07. The third-order valence-corrected chi connectivity index (χ3v) is 3.21. The van der Waals surface area contributed by atoms with Gasteiger partial charge in [-0.15, -0.1) is 12.4 Å². The van der Waals surface area contributed by atoms with Crippen LogP contribution < -0.4 is 10.6 Å². The number of hydrogen-bond acceptors (Lipinski definition) is 4. The van der Waals surface area contributed by atoms with Crippen LogP contribution >= 0.6 is 12.4 Å². The molecule has 2 aromatic rings. The summed E-state index contributed by atoms with van der Waals surface area (Å²) in [6, 6.07) is 8.99. The van der Waals surface area contributed by atoms with Crippen LogP contribution in [0.3, 0.4) is 0 Å². The Kier molecular flexibility index (Phi) is 4.44. The van der Waals surface area contributed by atoms with Crippen LogP contribution in [0.5, 0.6) is 0 Å². The van der Waals surface area contributed by atoms with Crippen LogP contribution in [0.1, 0.15) is 19.3 Å². The smallest absolute Gasteiger partial charge is 0.295 e. The highest BCUT2D eigenvalue weighted by molar-refractivity contribution is 5.85. The molecule has 1 aromatic heterocycles. The summed E-state index contributed by atoms with van der Waals surface area (Å²) >= 11 is 0. The first kappa shape index (κ1) is 13.2. The minimum Gasteiger partial charge on any atom is -0.424 e. The molecule has 0 amide bonds. The van der Waals surface area contributed by atoms with E-state index < -0.39 is 0 Å². The standard InChI is InChI=1S/C13H17N3O.ClH/c1-2-7-12-11(6-1)16-13(17-12)15-9-10-5-3-4-8-14-10;/h1-2,6-7,10,14H,3-5,8-9H2,(H,15,16);1H.